The van der Waals surface area contributed by atoms with Crippen molar-refractivity contribution < 1.29 is 0 Å². The van der Waals surface area contributed by atoms with Crippen LogP contribution in [0.3, 0.4) is 0 Å². The van der Waals surface area contributed by atoms with E-state index in [0.717, 1.165) is 17.3 Å². The van der Waals surface area contributed by atoms with Crippen LogP contribution in [0.15, 0.2) is 56.7 Å². The lowest BCUT2D eigenvalue weighted by Crippen LogP contribution is -2.21. The summed E-state index contributed by atoms with van der Waals surface area (Å²) in [6.07, 6.45) is 1.98. The average molecular weight is 350 g/mol. The molecule has 0 aromatic heterocycles. The minimum atomic E-state index is 0.261. The van der Waals surface area contributed by atoms with Crippen LogP contribution >= 0.6 is 27.7 Å². The van der Waals surface area contributed by atoms with Crippen molar-refractivity contribution in [2.24, 2.45) is 5.73 Å². The first-order valence-corrected chi connectivity index (χ1v) is 8.48. The van der Waals surface area contributed by atoms with Gasteiger partial charge in [0.25, 0.3) is 0 Å². The minimum Gasteiger partial charge on any atom is -0.327 e. The molecular weight excluding hydrogens is 330 g/mol. The van der Waals surface area contributed by atoms with E-state index in [-0.39, 0.29) is 6.04 Å². The summed E-state index contributed by atoms with van der Waals surface area (Å²) in [5.74, 6) is 0. The molecule has 0 heterocycles. The molecule has 1 unspecified atom stereocenters. The van der Waals surface area contributed by atoms with Crippen LogP contribution in [0.4, 0.5) is 0 Å². The Kier molecular flexibility index (Phi) is 5.70. The summed E-state index contributed by atoms with van der Waals surface area (Å²) < 4.78 is 1.12. The summed E-state index contributed by atoms with van der Waals surface area (Å²) in [4.78, 5) is 2.52. The van der Waals surface area contributed by atoms with Crippen molar-refractivity contribution in [3.05, 3.63) is 58.1 Å². The molecule has 0 fully saturated rings. The van der Waals surface area contributed by atoms with Gasteiger partial charge in [-0.15, -0.1) is 0 Å². The predicted molar refractivity (Wildman–Crippen MR) is 91.4 cm³/mol. The van der Waals surface area contributed by atoms with E-state index in [9.17, 15) is 0 Å². The molecule has 20 heavy (non-hydrogen) atoms. The molecule has 0 aliphatic heterocycles. The topological polar surface area (TPSA) is 26.0 Å². The number of hydrogen-bond acceptors (Lipinski definition) is 2. The Balaban J connectivity index is 2.13. The van der Waals surface area contributed by atoms with E-state index in [4.69, 9.17) is 5.73 Å². The maximum Gasteiger partial charge on any atom is 0.0186 e. The fourth-order valence-corrected chi connectivity index (χ4v) is 3.58. The highest BCUT2D eigenvalue weighted by Crippen LogP contribution is 2.30. The number of nitrogens with two attached hydrogens (primary N) is 1. The van der Waals surface area contributed by atoms with Gasteiger partial charge in [-0.3, -0.25) is 0 Å². The maximum atomic E-state index is 6.04. The molecule has 0 spiro atoms. The van der Waals surface area contributed by atoms with E-state index in [1.54, 1.807) is 11.8 Å². The van der Waals surface area contributed by atoms with Gasteiger partial charge in [0.2, 0.25) is 0 Å². The van der Waals surface area contributed by atoms with Crippen LogP contribution in [-0.4, -0.2) is 6.04 Å². The van der Waals surface area contributed by atoms with Crippen LogP contribution in [-0.2, 0) is 6.42 Å². The summed E-state index contributed by atoms with van der Waals surface area (Å²) in [5, 5.41) is 0. The molecule has 0 aliphatic rings. The molecule has 3 heteroatoms. The summed E-state index contributed by atoms with van der Waals surface area (Å²) >= 11 is 5.30. The van der Waals surface area contributed by atoms with Crippen molar-refractivity contribution >= 4 is 27.7 Å². The smallest absolute Gasteiger partial charge is 0.0186 e. The monoisotopic (exact) mass is 349 g/mol. The minimum absolute atomic E-state index is 0.261. The summed E-state index contributed by atoms with van der Waals surface area (Å²) in [6, 6.07) is 15.3. The van der Waals surface area contributed by atoms with Crippen LogP contribution in [0.2, 0.25) is 0 Å². The molecule has 0 amide bonds. The molecule has 0 radical (unpaired) electrons. The van der Waals surface area contributed by atoms with Crippen molar-refractivity contribution in [1.29, 1.82) is 0 Å². The molecular formula is C17H20BrNS. The lowest BCUT2D eigenvalue weighted by atomic mass is 10.0. The Hall–Kier alpha value is -0.770. The number of benzene rings is 2. The van der Waals surface area contributed by atoms with Crippen molar-refractivity contribution in [3.8, 4) is 0 Å². The van der Waals surface area contributed by atoms with Gasteiger partial charge in [-0.05, 0) is 61.2 Å². The van der Waals surface area contributed by atoms with Crippen molar-refractivity contribution in [1.82, 2.24) is 0 Å². The molecule has 106 valence electrons. The van der Waals surface area contributed by atoms with Gasteiger partial charge >= 0.3 is 0 Å². The lowest BCUT2D eigenvalue weighted by Gasteiger charge is -2.12. The summed E-state index contributed by atoms with van der Waals surface area (Å²) in [7, 11) is 0. The zero-order chi connectivity index (χ0) is 14.5. The first kappa shape index (κ1) is 15.6. The van der Waals surface area contributed by atoms with E-state index >= 15 is 0 Å². The van der Waals surface area contributed by atoms with Gasteiger partial charge in [0.05, 0.1) is 0 Å². The molecule has 1 atom stereocenters. The highest BCUT2D eigenvalue weighted by molar-refractivity contribution is 9.10. The van der Waals surface area contributed by atoms with Crippen molar-refractivity contribution in [2.45, 2.75) is 42.5 Å². The lowest BCUT2D eigenvalue weighted by molar-refractivity contribution is 0.644. The zero-order valence-electron chi connectivity index (χ0n) is 11.9. The second kappa shape index (κ2) is 7.30. The van der Waals surface area contributed by atoms with Crippen LogP contribution in [0.25, 0.3) is 0 Å². The van der Waals surface area contributed by atoms with Crippen molar-refractivity contribution in [3.63, 3.8) is 0 Å². The summed E-state index contributed by atoms with van der Waals surface area (Å²) in [5.41, 5.74) is 8.73. The third-order valence-electron chi connectivity index (χ3n) is 3.35. The van der Waals surface area contributed by atoms with Gasteiger partial charge in [-0.2, -0.15) is 0 Å². The first-order valence-electron chi connectivity index (χ1n) is 6.87. The van der Waals surface area contributed by atoms with Crippen LogP contribution in [0, 0.1) is 6.92 Å². The quantitative estimate of drug-likeness (QED) is 0.803. The molecule has 1 nitrogen and oxygen atoms in total. The van der Waals surface area contributed by atoms with Crippen LogP contribution in [0.1, 0.15) is 24.5 Å². The number of rotatable bonds is 5. The molecule has 2 N–H and O–H groups in total. The highest BCUT2D eigenvalue weighted by Gasteiger charge is 2.06. The predicted octanol–water partition coefficient (Wildman–Crippen LogP) is 5.19. The fraction of sp³-hybridized carbons (Fsp3) is 0.294. The van der Waals surface area contributed by atoms with Gasteiger partial charge in [-0.25, -0.2) is 0 Å². The second-order valence-corrected chi connectivity index (χ2v) is 7.08. The Labute approximate surface area is 134 Å². The number of hydrogen-bond donors (Lipinski definition) is 1. The third kappa shape index (κ3) is 4.37. The normalized spacial score (nSPS) is 12.4. The average Bonchev–Trinajstić information content (AvgIpc) is 2.41. The molecule has 2 rings (SSSR count). The van der Waals surface area contributed by atoms with Gasteiger partial charge in [0, 0.05) is 20.3 Å². The Morgan fingerprint density at radius 3 is 2.55 bits per heavy atom. The van der Waals surface area contributed by atoms with E-state index in [0.29, 0.717) is 0 Å². The third-order valence-corrected chi connectivity index (χ3v) is 4.82. The summed E-state index contributed by atoms with van der Waals surface area (Å²) in [6.45, 7) is 4.31. The molecule has 0 bridgehead atoms. The van der Waals surface area contributed by atoms with Crippen molar-refractivity contribution in [2.75, 3.05) is 0 Å². The largest absolute Gasteiger partial charge is 0.327 e. The second-order valence-electron chi connectivity index (χ2n) is 5.02. The van der Waals surface area contributed by atoms with Gasteiger partial charge < -0.3 is 5.73 Å². The molecule has 2 aromatic carbocycles. The van der Waals surface area contributed by atoms with E-state index in [1.165, 1.54) is 20.9 Å². The Bertz CT molecular complexity index is 583. The van der Waals surface area contributed by atoms with Crippen LogP contribution in [0.5, 0.6) is 0 Å². The van der Waals surface area contributed by atoms with Gasteiger partial charge in [0.15, 0.2) is 0 Å². The number of halogens is 1. The first-order chi connectivity index (χ1) is 9.58. The highest BCUT2D eigenvalue weighted by atomic mass is 79.9. The Morgan fingerprint density at radius 2 is 1.90 bits per heavy atom. The van der Waals surface area contributed by atoms with Gasteiger partial charge in [0.1, 0.15) is 0 Å². The zero-order valence-corrected chi connectivity index (χ0v) is 14.3. The number of aryl methyl sites for hydroxylation is 1. The Morgan fingerprint density at radius 1 is 1.15 bits per heavy atom. The standard InChI is InChI=1S/C17H20BrNS/c1-3-15(19)10-13-7-8-17(9-12(13)2)20-16-6-4-5-14(18)11-16/h4-9,11,15H,3,10,19H2,1-2H3. The fourth-order valence-electron chi connectivity index (χ4n) is 2.05. The van der Waals surface area contributed by atoms with Crippen LogP contribution < -0.4 is 5.73 Å². The molecule has 0 aliphatic carbocycles. The SMILES string of the molecule is CCC(N)Cc1ccc(Sc2cccc(Br)c2)cc1C. The molecule has 2 aromatic rings. The molecule has 0 saturated carbocycles. The van der Waals surface area contributed by atoms with E-state index in [1.807, 2.05) is 6.07 Å². The van der Waals surface area contributed by atoms with E-state index in [2.05, 4.69) is 66.2 Å². The maximum absolute atomic E-state index is 6.04. The van der Waals surface area contributed by atoms with Gasteiger partial charge in [-0.1, -0.05) is 46.7 Å². The molecule has 0 saturated heterocycles. The van der Waals surface area contributed by atoms with E-state index < -0.39 is 0 Å².